The van der Waals surface area contributed by atoms with Crippen LogP contribution in [-0.2, 0) is 42.5 Å². The molecule has 6 heterocycles. The normalized spacial score (nSPS) is 16.4. The highest BCUT2D eigenvalue weighted by Gasteiger charge is 2.34. The molecule has 2 N–H and O–H groups in total. The minimum absolute atomic E-state index is 0.152. The zero-order chi connectivity index (χ0) is 44.5. The van der Waals surface area contributed by atoms with Crippen molar-refractivity contribution in [1.29, 1.82) is 0 Å². The molecule has 0 aromatic carbocycles. The number of sulfonamides is 2. The van der Waals surface area contributed by atoms with Crippen molar-refractivity contribution in [2.45, 2.75) is 63.1 Å². The Labute approximate surface area is 370 Å². The van der Waals surface area contributed by atoms with E-state index in [4.69, 9.17) is 27.9 Å². The van der Waals surface area contributed by atoms with Crippen molar-refractivity contribution >= 4 is 61.9 Å². The van der Waals surface area contributed by atoms with Crippen LogP contribution in [0.2, 0.25) is 10.0 Å². The molecule has 0 saturated carbocycles. The molecule has 2 unspecified atom stereocenters. The highest BCUT2D eigenvalue weighted by molar-refractivity contribution is 7.89. The fourth-order valence-electron chi connectivity index (χ4n) is 6.74. The van der Waals surface area contributed by atoms with E-state index in [1.165, 1.54) is 14.8 Å². The number of hydrogen-bond donors (Lipinski definition) is 2. The average Bonchev–Trinajstić information content (AvgIpc) is 3.29. The molecule has 336 valence electrons. The summed E-state index contributed by atoms with van der Waals surface area (Å²) in [6.07, 6.45) is 12.7. The van der Waals surface area contributed by atoms with Gasteiger partial charge in [-0.25, -0.2) is 61.2 Å². The standard InChI is InChI=1S/C20H26ClN5O5S.C18H23ClN6O4S/c21-16-5-6-20(24-13-16)31-18-7-11-25(12-8-18)32(29,30)14-17(26(28)15-27)3-1-4-19-22-9-2-10-23-19;19-15-2-5-18(22-12-15)23-8-10-24(11-9-23)30(28,29)13-16(25(27)14-26)3-4-17-20-6-1-7-21-17/h2,5-6,9-10,13,15,17-18,28H,1,3-4,7-8,11-12,14H2;1-2,5-7,12,14,16,27H,3-4,8-11,13H2. The van der Waals surface area contributed by atoms with Gasteiger partial charge in [0, 0.05) is 95.4 Å². The van der Waals surface area contributed by atoms with Crippen LogP contribution >= 0.6 is 23.2 Å². The number of hydrogen-bond acceptors (Lipinski definition) is 16. The number of anilines is 1. The Morgan fingerprint density at radius 3 is 1.68 bits per heavy atom. The number of ether oxygens (including phenoxy) is 1. The number of amides is 2. The number of piperidine rings is 1. The molecule has 4 aromatic heterocycles. The van der Waals surface area contributed by atoms with Crippen LogP contribution in [-0.4, -0.2) is 158 Å². The summed E-state index contributed by atoms with van der Waals surface area (Å²) in [6.45, 7) is 2.11. The van der Waals surface area contributed by atoms with Gasteiger partial charge in [0.2, 0.25) is 38.7 Å². The van der Waals surface area contributed by atoms with Crippen LogP contribution in [0.5, 0.6) is 5.88 Å². The van der Waals surface area contributed by atoms with Crippen molar-refractivity contribution in [3.05, 3.63) is 95.3 Å². The molecule has 24 heteroatoms. The van der Waals surface area contributed by atoms with Gasteiger partial charge in [0.25, 0.3) is 0 Å². The Hall–Kier alpha value is -4.68. The maximum atomic E-state index is 12.9. The summed E-state index contributed by atoms with van der Waals surface area (Å²) in [6, 6.07) is 8.52. The van der Waals surface area contributed by atoms with E-state index in [0.717, 1.165) is 5.82 Å². The summed E-state index contributed by atoms with van der Waals surface area (Å²) < 4.78 is 60.2. The van der Waals surface area contributed by atoms with Gasteiger partial charge in [0.15, 0.2) is 0 Å². The summed E-state index contributed by atoms with van der Waals surface area (Å²) in [7, 11) is -7.37. The zero-order valence-electron chi connectivity index (χ0n) is 33.7. The van der Waals surface area contributed by atoms with Gasteiger partial charge in [-0.15, -0.1) is 0 Å². The van der Waals surface area contributed by atoms with Crippen LogP contribution in [0.4, 0.5) is 5.82 Å². The number of nitrogens with zero attached hydrogens (tertiary/aromatic N) is 11. The number of carbonyl (C=O) groups excluding carboxylic acids is 2. The first-order valence-corrected chi connectivity index (χ1v) is 23.7. The second kappa shape index (κ2) is 23.7. The zero-order valence-corrected chi connectivity index (χ0v) is 36.8. The number of pyridine rings is 2. The van der Waals surface area contributed by atoms with Gasteiger partial charge in [0.05, 0.1) is 33.6 Å². The van der Waals surface area contributed by atoms with Gasteiger partial charge in [-0.3, -0.25) is 20.0 Å². The Balaban J connectivity index is 0.000000235. The van der Waals surface area contributed by atoms with Gasteiger partial charge < -0.3 is 9.64 Å². The minimum Gasteiger partial charge on any atom is -0.474 e. The maximum absolute atomic E-state index is 12.9. The Morgan fingerprint density at radius 1 is 0.677 bits per heavy atom. The van der Waals surface area contributed by atoms with E-state index in [1.807, 2.05) is 4.90 Å². The molecule has 20 nitrogen and oxygen atoms in total. The molecular weight excluding hydrogens is 890 g/mol. The van der Waals surface area contributed by atoms with Gasteiger partial charge in [0.1, 0.15) is 23.6 Å². The monoisotopic (exact) mass is 937 g/mol. The first kappa shape index (κ1) is 48.4. The lowest BCUT2D eigenvalue weighted by Crippen LogP contribution is -2.51. The molecule has 0 aliphatic carbocycles. The summed E-state index contributed by atoms with van der Waals surface area (Å²) in [5.41, 5.74) is 0. The van der Waals surface area contributed by atoms with Crippen LogP contribution < -0.4 is 9.64 Å². The first-order valence-electron chi connectivity index (χ1n) is 19.7. The second-order valence-corrected chi connectivity index (χ2v) is 19.2. The molecule has 2 amide bonds. The van der Waals surface area contributed by atoms with E-state index in [2.05, 4.69) is 29.9 Å². The number of aryl methyl sites for hydroxylation is 2. The third kappa shape index (κ3) is 15.0. The van der Waals surface area contributed by atoms with Crippen LogP contribution in [0, 0.1) is 0 Å². The quantitative estimate of drug-likeness (QED) is 0.0735. The number of hydroxylamine groups is 4. The van der Waals surface area contributed by atoms with E-state index in [-0.39, 0.29) is 63.0 Å². The van der Waals surface area contributed by atoms with Crippen molar-refractivity contribution in [3.63, 3.8) is 0 Å². The van der Waals surface area contributed by atoms with E-state index in [0.29, 0.717) is 89.3 Å². The predicted octanol–water partition coefficient (Wildman–Crippen LogP) is 2.76. The SMILES string of the molecule is O=CN(O)C(CCCc1ncccn1)CS(=O)(=O)N1CCC(Oc2ccc(Cl)cn2)CC1.O=CN(O)C(CCc1ncccn1)CS(=O)(=O)N1CCN(c2ccc(Cl)cn2)CC1. The number of aromatic nitrogens is 6. The number of carbonyl (C=O) groups is 2. The lowest BCUT2D eigenvalue weighted by Gasteiger charge is -2.35. The van der Waals surface area contributed by atoms with Crippen LogP contribution in [0.3, 0.4) is 0 Å². The summed E-state index contributed by atoms with van der Waals surface area (Å²) in [4.78, 5) is 48.9. The molecule has 0 spiro atoms. The molecule has 2 fully saturated rings. The third-order valence-electron chi connectivity index (χ3n) is 10.1. The Morgan fingerprint density at radius 2 is 1.18 bits per heavy atom. The topological polar surface area (TPSA) is 246 Å². The van der Waals surface area contributed by atoms with Gasteiger partial charge in [-0.05, 0) is 62.4 Å². The molecule has 4 aromatic rings. The first-order chi connectivity index (χ1) is 29.8. The van der Waals surface area contributed by atoms with E-state index >= 15 is 0 Å². The van der Waals surface area contributed by atoms with Crippen molar-refractivity contribution in [2.24, 2.45) is 0 Å². The molecule has 2 aliphatic heterocycles. The molecule has 2 aliphatic rings. The van der Waals surface area contributed by atoms with E-state index < -0.39 is 32.1 Å². The van der Waals surface area contributed by atoms with Crippen molar-refractivity contribution < 1.29 is 41.6 Å². The molecule has 0 radical (unpaired) electrons. The fraction of sp³-hybridized carbons (Fsp3) is 0.474. The number of piperazine rings is 1. The summed E-state index contributed by atoms with van der Waals surface area (Å²) in [5.74, 6) is 1.58. The summed E-state index contributed by atoms with van der Waals surface area (Å²) in [5, 5.41) is 21.7. The number of rotatable bonds is 20. The smallest absolute Gasteiger partial charge is 0.233 e. The Kier molecular flexibility index (Phi) is 18.5. The second-order valence-electron chi connectivity index (χ2n) is 14.3. The van der Waals surface area contributed by atoms with Crippen molar-refractivity contribution in [2.75, 3.05) is 55.7 Å². The van der Waals surface area contributed by atoms with Gasteiger partial charge in [-0.1, -0.05) is 23.2 Å². The van der Waals surface area contributed by atoms with Crippen molar-refractivity contribution in [1.82, 2.24) is 48.6 Å². The molecule has 2 saturated heterocycles. The fourth-order valence-corrected chi connectivity index (χ4v) is 10.5. The maximum Gasteiger partial charge on any atom is 0.233 e. The van der Waals surface area contributed by atoms with Crippen molar-refractivity contribution in [3.8, 4) is 5.88 Å². The largest absolute Gasteiger partial charge is 0.474 e. The molecule has 2 atom stereocenters. The lowest BCUT2D eigenvalue weighted by atomic mass is 10.1. The van der Waals surface area contributed by atoms with Crippen LogP contribution in [0.25, 0.3) is 0 Å². The molecule has 62 heavy (non-hydrogen) atoms. The lowest BCUT2D eigenvalue weighted by molar-refractivity contribution is -0.159. The van der Waals surface area contributed by atoms with Crippen LogP contribution in [0.15, 0.2) is 73.6 Å². The minimum atomic E-state index is -3.69. The molecular formula is C38H49Cl2N11O9S2. The van der Waals surface area contributed by atoms with Gasteiger partial charge in [-0.2, -0.15) is 4.31 Å². The van der Waals surface area contributed by atoms with E-state index in [1.54, 1.807) is 67.4 Å². The third-order valence-corrected chi connectivity index (χ3v) is 14.5. The number of halogens is 2. The Bertz CT molecular complexity index is 2190. The van der Waals surface area contributed by atoms with Gasteiger partial charge >= 0.3 is 0 Å². The molecule has 0 bridgehead atoms. The van der Waals surface area contributed by atoms with Crippen LogP contribution in [0.1, 0.15) is 43.8 Å². The highest BCUT2D eigenvalue weighted by Crippen LogP contribution is 2.23. The molecule has 6 rings (SSSR count). The average molecular weight is 939 g/mol. The predicted molar refractivity (Wildman–Crippen MR) is 227 cm³/mol. The highest BCUT2D eigenvalue weighted by atomic mass is 35.5. The van der Waals surface area contributed by atoms with E-state index in [9.17, 15) is 36.8 Å². The summed E-state index contributed by atoms with van der Waals surface area (Å²) >= 11 is 11.7.